The third-order valence-corrected chi connectivity index (χ3v) is 3.97. The summed E-state index contributed by atoms with van der Waals surface area (Å²) in [7, 11) is 0. The fourth-order valence-corrected chi connectivity index (χ4v) is 2.64. The van der Waals surface area contributed by atoms with Crippen molar-refractivity contribution in [2.45, 2.75) is 6.92 Å². The van der Waals surface area contributed by atoms with Gasteiger partial charge in [0.15, 0.2) is 5.58 Å². The molecule has 0 bridgehead atoms. The summed E-state index contributed by atoms with van der Waals surface area (Å²) >= 11 is 0. The van der Waals surface area contributed by atoms with Crippen LogP contribution in [0, 0.1) is 6.92 Å². The van der Waals surface area contributed by atoms with E-state index in [0.29, 0.717) is 33.8 Å². The van der Waals surface area contributed by atoms with Crippen molar-refractivity contribution in [1.82, 2.24) is 9.97 Å². The number of anilines is 1. The summed E-state index contributed by atoms with van der Waals surface area (Å²) in [5.41, 5.74) is 3.85. The maximum absolute atomic E-state index is 12.3. The third-order valence-electron chi connectivity index (χ3n) is 3.97. The number of rotatable bonds is 3. The molecule has 0 saturated heterocycles. The number of phenols is 1. The number of fused-ring (bicyclic) bond motifs is 1. The molecule has 2 aromatic heterocycles. The number of aromatic nitrogens is 2. The molecule has 0 unspecified atom stereocenters. The fourth-order valence-electron chi connectivity index (χ4n) is 2.64. The van der Waals surface area contributed by atoms with Crippen molar-refractivity contribution < 1.29 is 14.3 Å². The molecule has 128 valence electrons. The molecule has 0 fully saturated rings. The number of hydrogen-bond donors (Lipinski definition) is 2. The quantitative estimate of drug-likeness (QED) is 0.544. The SMILES string of the molecule is Cc1ccc2oc(-c3cc(NC(=O)c4ccncc4)ccc3O)nc2c1. The smallest absolute Gasteiger partial charge is 0.255 e. The molecule has 0 saturated carbocycles. The summed E-state index contributed by atoms with van der Waals surface area (Å²) in [5.74, 6) is 0.0514. The Kier molecular flexibility index (Phi) is 3.85. The van der Waals surface area contributed by atoms with Gasteiger partial charge in [0.1, 0.15) is 11.3 Å². The molecule has 4 rings (SSSR count). The van der Waals surface area contributed by atoms with E-state index >= 15 is 0 Å². The molecule has 6 nitrogen and oxygen atoms in total. The first-order valence-corrected chi connectivity index (χ1v) is 8.02. The number of amides is 1. The van der Waals surface area contributed by atoms with E-state index in [2.05, 4.69) is 15.3 Å². The van der Waals surface area contributed by atoms with E-state index in [1.54, 1.807) is 36.7 Å². The van der Waals surface area contributed by atoms with Crippen LogP contribution in [0.2, 0.25) is 0 Å². The second-order valence-corrected chi connectivity index (χ2v) is 5.91. The van der Waals surface area contributed by atoms with Crippen molar-refractivity contribution in [2.75, 3.05) is 5.32 Å². The van der Waals surface area contributed by atoms with Crippen molar-refractivity contribution in [3.8, 4) is 17.2 Å². The summed E-state index contributed by atoms with van der Waals surface area (Å²) in [6.07, 6.45) is 3.11. The van der Waals surface area contributed by atoms with Gasteiger partial charge in [-0.05, 0) is 55.0 Å². The zero-order valence-corrected chi connectivity index (χ0v) is 13.9. The topological polar surface area (TPSA) is 88.2 Å². The van der Waals surface area contributed by atoms with Gasteiger partial charge in [-0.15, -0.1) is 0 Å². The average molecular weight is 345 g/mol. The lowest BCUT2D eigenvalue weighted by Gasteiger charge is -2.07. The van der Waals surface area contributed by atoms with E-state index in [1.165, 1.54) is 6.07 Å². The van der Waals surface area contributed by atoms with E-state index < -0.39 is 0 Å². The number of aryl methyl sites for hydroxylation is 1. The minimum Gasteiger partial charge on any atom is -0.507 e. The van der Waals surface area contributed by atoms with Crippen molar-refractivity contribution in [3.05, 3.63) is 72.1 Å². The molecule has 0 aliphatic carbocycles. The van der Waals surface area contributed by atoms with Crippen molar-refractivity contribution in [2.24, 2.45) is 0 Å². The van der Waals surface area contributed by atoms with Gasteiger partial charge < -0.3 is 14.8 Å². The molecule has 0 aliphatic heterocycles. The number of oxazole rings is 1. The molecule has 1 amide bonds. The summed E-state index contributed by atoms with van der Waals surface area (Å²) < 4.78 is 5.74. The molecule has 0 spiro atoms. The van der Waals surface area contributed by atoms with Crippen LogP contribution in [0.4, 0.5) is 5.69 Å². The number of benzene rings is 2. The van der Waals surface area contributed by atoms with Gasteiger partial charge in [-0.25, -0.2) is 4.98 Å². The lowest BCUT2D eigenvalue weighted by molar-refractivity contribution is 0.102. The average Bonchev–Trinajstić information content (AvgIpc) is 3.07. The first kappa shape index (κ1) is 15.8. The van der Waals surface area contributed by atoms with Crippen molar-refractivity contribution in [3.63, 3.8) is 0 Å². The van der Waals surface area contributed by atoms with Crippen LogP contribution in [0.5, 0.6) is 5.75 Å². The Morgan fingerprint density at radius 3 is 2.69 bits per heavy atom. The van der Waals surface area contributed by atoms with Gasteiger partial charge in [0.25, 0.3) is 5.91 Å². The molecule has 26 heavy (non-hydrogen) atoms. The summed E-state index contributed by atoms with van der Waals surface area (Å²) in [5, 5.41) is 13.0. The van der Waals surface area contributed by atoms with E-state index in [-0.39, 0.29) is 11.7 Å². The van der Waals surface area contributed by atoms with Crippen LogP contribution in [-0.2, 0) is 0 Å². The lowest BCUT2D eigenvalue weighted by Crippen LogP contribution is -2.11. The van der Waals surface area contributed by atoms with Crippen LogP contribution in [0.3, 0.4) is 0 Å². The van der Waals surface area contributed by atoms with Crippen molar-refractivity contribution in [1.29, 1.82) is 0 Å². The highest BCUT2D eigenvalue weighted by Gasteiger charge is 2.14. The van der Waals surface area contributed by atoms with Gasteiger partial charge in [0.2, 0.25) is 5.89 Å². The third kappa shape index (κ3) is 3.00. The second kappa shape index (κ2) is 6.33. The van der Waals surface area contributed by atoms with Crippen LogP contribution in [-0.4, -0.2) is 21.0 Å². The highest BCUT2D eigenvalue weighted by atomic mass is 16.3. The Labute approximate surface area is 149 Å². The highest BCUT2D eigenvalue weighted by molar-refractivity contribution is 6.04. The predicted octanol–water partition coefficient (Wildman–Crippen LogP) is 4.16. The Morgan fingerprint density at radius 1 is 1.08 bits per heavy atom. The molecule has 0 aliphatic rings. The van der Waals surface area contributed by atoms with Crippen LogP contribution in [0.25, 0.3) is 22.6 Å². The van der Waals surface area contributed by atoms with E-state index in [1.807, 2.05) is 25.1 Å². The molecule has 2 heterocycles. The second-order valence-electron chi connectivity index (χ2n) is 5.91. The number of hydrogen-bond acceptors (Lipinski definition) is 5. The van der Waals surface area contributed by atoms with E-state index in [4.69, 9.17) is 4.42 Å². The maximum atomic E-state index is 12.3. The predicted molar refractivity (Wildman–Crippen MR) is 98.0 cm³/mol. The number of phenolic OH excluding ortho intramolecular Hbond substituents is 1. The minimum absolute atomic E-state index is 0.0233. The lowest BCUT2D eigenvalue weighted by atomic mass is 10.1. The van der Waals surface area contributed by atoms with Gasteiger partial charge in [-0.3, -0.25) is 9.78 Å². The normalized spacial score (nSPS) is 10.8. The van der Waals surface area contributed by atoms with Crippen LogP contribution < -0.4 is 5.32 Å². The van der Waals surface area contributed by atoms with E-state index in [0.717, 1.165) is 5.56 Å². The van der Waals surface area contributed by atoms with Crippen LogP contribution >= 0.6 is 0 Å². The summed E-state index contributed by atoms with van der Waals surface area (Å²) in [4.78, 5) is 20.6. The molecule has 6 heteroatoms. The van der Waals surface area contributed by atoms with E-state index in [9.17, 15) is 9.90 Å². The zero-order chi connectivity index (χ0) is 18.1. The summed E-state index contributed by atoms with van der Waals surface area (Å²) in [6, 6.07) is 13.7. The minimum atomic E-state index is -0.266. The summed E-state index contributed by atoms with van der Waals surface area (Å²) in [6.45, 7) is 1.97. The zero-order valence-electron chi connectivity index (χ0n) is 13.9. The van der Waals surface area contributed by atoms with Gasteiger partial charge in [-0.1, -0.05) is 6.07 Å². The largest absolute Gasteiger partial charge is 0.507 e. The standard InChI is InChI=1S/C20H15N3O3/c1-12-2-5-18-16(10-12)23-20(26-18)15-11-14(3-4-17(15)24)22-19(25)13-6-8-21-9-7-13/h2-11,24H,1H3,(H,22,25). The number of nitrogens with one attached hydrogen (secondary N) is 1. The molecule has 4 aromatic rings. The Morgan fingerprint density at radius 2 is 1.88 bits per heavy atom. The molecular weight excluding hydrogens is 330 g/mol. The Balaban J connectivity index is 1.68. The highest BCUT2D eigenvalue weighted by Crippen LogP contribution is 2.33. The molecular formula is C20H15N3O3. The van der Waals surface area contributed by atoms with Gasteiger partial charge in [-0.2, -0.15) is 0 Å². The number of nitrogens with zero attached hydrogens (tertiary/aromatic N) is 2. The fraction of sp³-hybridized carbons (Fsp3) is 0.0500. The first-order chi connectivity index (χ1) is 12.6. The maximum Gasteiger partial charge on any atom is 0.255 e. The van der Waals surface area contributed by atoms with Gasteiger partial charge >= 0.3 is 0 Å². The first-order valence-electron chi connectivity index (χ1n) is 8.02. The van der Waals surface area contributed by atoms with Gasteiger partial charge in [0, 0.05) is 23.6 Å². The Hall–Kier alpha value is -3.67. The molecule has 0 atom stereocenters. The molecule has 2 N–H and O–H groups in total. The van der Waals surface area contributed by atoms with Crippen LogP contribution in [0.15, 0.2) is 65.3 Å². The number of pyridine rings is 1. The number of carbonyl (C=O) groups excluding carboxylic acids is 1. The molecule has 2 aromatic carbocycles. The van der Waals surface area contributed by atoms with Crippen LogP contribution in [0.1, 0.15) is 15.9 Å². The Bertz CT molecular complexity index is 1100. The van der Waals surface area contributed by atoms with Gasteiger partial charge in [0.05, 0.1) is 5.56 Å². The number of aromatic hydroxyl groups is 1. The van der Waals surface area contributed by atoms with Crippen molar-refractivity contribution >= 4 is 22.7 Å². The monoisotopic (exact) mass is 345 g/mol. The number of carbonyl (C=O) groups is 1. The molecule has 0 radical (unpaired) electrons.